The normalized spacial score (nSPS) is 27.5. The van der Waals surface area contributed by atoms with E-state index in [9.17, 15) is 9.59 Å². The van der Waals surface area contributed by atoms with Gasteiger partial charge in [-0.25, -0.2) is 0 Å². The van der Waals surface area contributed by atoms with Gasteiger partial charge in [-0.2, -0.15) is 0 Å². The van der Waals surface area contributed by atoms with E-state index in [0.717, 1.165) is 32.5 Å². The second-order valence-corrected chi connectivity index (χ2v) is 5.62. The van der Waals surface area contributed by atoms with Crippen molar-refractivity contribution in [2.75, 3.05) is 33.2 Å². The minimum absolute atomic E-state index is 0.131. The fourth-order valence-electron chi connectivity index (χ4n) is 2.85. The number of rotatable bonds is 3. The van der Waals surface area contributed by atoms with Crippen LogP contribution in [0.3, 0.4) is 0 Å². The zero-order valence-corrected chi connectivity index (χ0v) is 11.0. The number of carboxylic acid groups (broad SMARTS) is 1. The predicted octanol–water partition coefficient (Wildman–Crippen LogP) is 0.651. The van der Waals surface area contributed by atoms with E-state index in [-0.39, 0.29) is 11.8 Å². The van der Waals surface area contributed by atoms with E-state index >= 15 is 0 Å². The molecule has 0 bridgehead atoms. The van der Waals surface area contributed by atoms with Crippen LogP contribution in [0.4, 0.5) is 0 Å². The predicted molar refractivity (Wildman–Crippen MR) is 67.2 cm³/mol. The van der Waals surface area contributed by atoms with E-state index in [1.807, 2.05) is 0 Å². The Labute approximate surface area is 108 Å². The van der Waals surface area contributed by atoms with Gasteiger partial charge in [0.1, 0.15) is 0 Å². The van der Waals surface area contributed by atoms with Gasteiger partial charge in [0, 0.05) is 19.5 Å². The topological polar surface area (TPSA) is 60.9 Å². The third-order valence-corrected chi connectivity index (χ3v) is 4.17. The Morgan fingerprint density at radius 3 is 2.61 bits per heavy atom. The van der Waals surface area contributed by atoms with E-state index in [1.54, 1.807) is 4.90 Å². The summed E-state index contributed by atoms with van der Waals surface area (Å²) in [6.07, 6.45) is 3.11. The summed E-state index contributed by atoms with van der Waals surface area (Å²) in [7, 11) is 2.11. The van der Waals surface area contributed by atoms with Crippen molar-refractivity contribution < 1.29 is 14.7 Å². The molecule has 0 saturated carbocycles. The Morgan fingerprint density at radius 1 is 1.33 bits per heavy atom. The van der Waals surface area contributed by atoms with Gasteiger partial charge in [-0.05, 0) is 45.3 Å². The Bertz CT molecular complexity index is 324. The first-order valence-corrected chi connectivity index (χ1v) is 6.75. The standard InChI is InChI=1S/C13H22N2O3/c1-14-6-4-10(5-7-14)8-15-9-11(13(17)18)2-3-12(15)16/h10-11H,2-9H2,1H3,(H,17,18). The second kappa shape index (κ2) is 5.69. The van der Waals surface area contributed by atoms with Crippen molar-refractivity contribution in [2.24, 2.45) is 11.8 Å². The molecule has 1 atom stereocenters. The Balaban J connectivity index is 1.86. The number of hydrogen-bond acceptors (Lipinski definition) is 3. The summed E-state index contributed by atoms with van der Waals surface area (Å²) in [4.78, 5) is 26.9. The van der Waals surface area contributed by atoms with Crippen LogP contribution < -0.4 is 0 Å². The van der Waals surface area contributed by atoms with Crippen LogP contribution in [0.2, 0.25) is 0 Å². The van der Waals surface area contributed by atoms with Crippen LogP contribution in [-0.2, 0) is 9.59 Å². The fraction of sp³-hybridized carbons (Fsp3) is 0.846. The Kier molecular flexibility index (Phi) is 4.22. The van der Waals surface area contributed by atoms with Crippen LogP contribution in [0.5, 0.6) is 0 Å². The molecular weight excluding hydrogens is 232 g/mol. The zero-order chi connectivity index (χ0) is 13.1. The minimum Gasteiger partial charge on any atom is -0.481 e. The molecule has 2 aliphatic heterocycles. The maximum absolute atomic E-state index is 11.8. The van der Waals surface area contributed by atoms with Crippen molar-refractivity contribution in [2.45, 2.75) is 25.7 Å². The second-order valence-electron chi connectivity index (χ2n) is 5.62. The lowest BCUT2D eigenvalue weighted by Crippen LogP contribution is -2.46. The van der Waals surface area contributed by atoms with Gasteiger partial charge >= 0.3 is 5.97 Å². The molecule has 1 unspecified atom stereocenters. The number of amides is 1. The third kappa shape index (κ3) is 3.22. The van der Waals surface area contributed by atoms with E-state index in [4.69, 9.17) is 5.11 Å². The van der Waals surface area contributed by atoms with Gasteiger partial charge in [0.2, 0.25) is 5.91 Å². The van der Waals surface area contributed by atoms with Crippen molar-refractivity contribution in [3.63, 3.8) is 0 Å². The zero-order valence-electron chi connectivity index (χ0n) is 11.0. The summed E-state index contributed by atoms with van der Waals surface area (Å²) < 4.78 is 0. The lowest BCUT2D eigenvalue weighted by molar-refractivity contribution is -0.147. The van der Waals surface area contributed by atoms with Crippen LogP contribution >= 0.6 is 0 Å². The van der Waals surface area contributed by atoms with Gasteiger partial charge in [0.25, 0.3) is 0 Å². The lowest BCUT2D eigenvalue weighted by atomic mass is 9.93. The minimum atomic E-state index is -0.768. The summed E-state index contributed by atoms with van der Waals surface area (Å²) in [6.45, 7) is 3.31. The number of aliphatic carboxylic acids is 1. The van der Waals surface area contributed by atoms with Crippen molar-refractivity contribution in [3.8, 4) is 0 Å². The number of carbonyl (C=O) groups is 2. The molecule has 0 aliphatic carbocycles. The SMILES string of the molecule is CN1CCC(CN2CC(C(=O)O)CCC2=O)CC1. The first kappa shape index (κ1) is 13.3. The molecule has 0 aromatic heterocycles. The number of carbonyl (C=O) groups excluding carboxylic acids is 1. The number of piperidine rings is 2. The highest BCUT2D eigenvalue weighted by molar-refractivity contribution is 5.80. The maximum atomic E-state index is 11.8. The maximum Gasteiger partial charge on any atom is 0.308 e. The van der Waals surface area contributed by atoms with Crippen LogP contribution in [0.25, 0.3) is 0 Å². The monoisotopic (exact) mass is 254 g/mol. The highest BCUT2D eigenvalue weighted by Crippen LogP contribution is 2.22. The summed E-state index contributed by atoms with van der Waals surface area (Å²) in [5, 5.41) is 9.04. The molecule has 2 aliphatic rings. The van der Waals surface area contributed by atoms with Crippen LogP contribution in [0.15, 0.2) is 0 Å². The third-order valence-electron chi connectivity index (χ3n) is 4.17. The van der Waals surface area contributed by atoms with E-state index in [1.165, 1.54) is 0 Å². The van der Waals surface area contributed by atoms with Crippen LogP contribution in [0.1, 0.15) is 25.7 Å². The smallest absolute Gasteiger partial charge is 0.308 e. The lowest BCUT2D eigenvalue weighted by Gasteiger charge is -2.36. The Morgan fingerprint density at radius 2 is 2.00 bits per heavy atom. The van der Waals surface area contributed by atoms with Gasteiger partial charge < -0.3 is 14.9 Å². The van der Waals surface area contributed by atoms with E-state index in [2.05, 4.69) is 11.9 Å². The number of likely N-dealkylation sites (tertiary alicyclic amines) is 2. The van der Waals surface area contributed by atoms with Gasteiger partial charge in [-0.15, -0.1) is 0 Å². The molecule has 0 spiro atoms. The summed E-state index contributed by atoms with van der Waals surface area (Å²) in [6, 6.07) is 0. The van der Waals surface area contributed by atoms with Gasteiger partial charge in [0.15, 0.2) is 0 Å². The molecule has 2 saturated heterocycles. The average Bonchev–Trinajstić information content (AvgIpc) is 2.34. The molecule has 2 heterocycles. The van der Waals surface area contributed by atoms with E-state index < -0.39 is 5.97 Å². The molecule has 1 amide bonds. The largest absolute Gasteiger partial charge is 0.481 e. The molecule has 1 N–H and O–H groups in total. The van der Waals surface area contributed by atoms with Crippen LogP contribution in [-0.4, -0.2) is 60.0 Å². The molecule has 5 nitrogen and oxygen atoms in total. The molecule has 0 aromatic rings. The highest BCUT2D eigenvalue weighted by atomic mass is 16.4. The molecule has 0 aromatic carbocycles. The van der Waals surface area contributed by atoms with Gasteiger partial charge in [-0.3, -0.25) is 9.59 Å². The fourth-order valence-corrected chi connectivity index (χ4v) is 2.85. The molecule has 2 fully saturated rings. The molecule has 2 rings (SSSR count). The summed E-state index contributed by atoms with van der Waals surface area (Å²) in [5.74, 6) is -0.464. The molecule has 5 heteroatoms. The number of carboxylic acids is 1. The van der Waals surface area contributed by atoms with Crippen molar-refractivity contribution in [1.29, 1.82) is 0 Å². The van der Waals surface area contributed by atoms with Crippen molar-refractivity contribution >= 4 is 11.9 Å². The van der Waals surface area contributed by atoms with Gasteiger partial charge in [0.05, 0.1) is 5.92 Å². The number of nitrogens with zero attached hydrogens (tertiary/aromatic N) is 2. The molecular formula is C13H22N2O3. The van der Waals surface area contributed by atoms with Crippen molar-refractivity contribution in [3.05, 3.63) is 0 Å². The van der Waals surface area contributed by atoms with E-state index in [0.29, 0.717) is 25.3 Å². The van der Waals surface area contributed by atoms with Crippen LogP contribution in [0, 0.1) is 11.8 Å². The molecule has 102 valence electrons. The summed E-state index contributed by atoms with van der Waals surface area (Å²) >= 11 is 0. The first-order chi connectivity index (χ1) is 8.56. The first-order valence-electron chi connectivity index (χ1n) is 6.75. The number of hydrogen-bond donors (Lipinski definition) is 1. The van der Waals surface area contributed by atoms with Crippen molar-refractivity contribution in [1.82, 2.24) is 9.80 Å². The van der Waals surface area contributed by atoms with Gasteiger partial charge in [-0.1, -0.05) is 0 Å². The highest BCUT2D eigenvalue weighted by Gasteiger charge is 2.31. The Hall–Kier alpha value is -1.10. The molecule has 18 heavy (non-hydrogen) atoms. The quantitative estimate of drug-likeness (QED) is 0.803. The average molecular weight is 254 g/mol. The molecule has 0 radical (unpaired) electrons. The summed E-state index contributed by atoms with van der Waals surface area (Å²) in [5.41, 5.74) is 0.